The highest BCUT2D eigenvalue weighted by Gasteiger charge is 2.30. The van der Waals surface area contributed by atoms with Crippen LogP contribution in [0.3, 0.4) is 0 Å². The van der Waals surface area contributed by atoms with Crippen LogP contribution in [0.5, 0.6) is 0 Å². The number of nitrogens with one attached hydrogen (secondary N) is 1. The van der Waals surface area contributed by atoms with E-state index in [0.29, 0.717) is 32.4 Å². The molecule has 1 N–H and O–H groups in total. The molecule has 0 aliphatic carbocycles. The van der Waals surface area contributed by atoms with Crippen molar-refractivity contribution in [3.05, 3.63) is 70.2 Å². The number of carbonyl (C=O) groups excluding carboxylic acids is 1. The number of amides is 1. The number of nitrogens with zero attached hydrogens (tertiary/aromatic N) is 2. The van der Waals surface area contributed by atoms with Gasteiger partial charge in [-0.05, 0) is 43.3 Å². The average molecular weight is 387 g/mol. The number of aryl methyl sites for hydroxylation is 1. The molecule has 8 heteroatoms. The lowest BCUT2D eigenvalue weighted by atomic mass is 10.1. The molecule has 136 valence electrons. The lowest BCUT2D eigenvalue weighted by Gasteiger charge is -2.06. The van der Waals surface area contributed by atoms with Crippen LogP contribution >= 0.6 is 11.3 Å². The molecule has 0 aliphatic heterocycles. The number of rotatable bonds is 3. The number of nitriles is 1. The topological polar surface area (TPSA) is 65.8 Å². The fraction of sp³-hybridized carbons (Fsp3) is 0.105. The molecule has 0 radical (unpaired) electrons. The van der Waals surface area contributed by atoms with Crippen molar-refractivity contribution in [1.82, 2.24) is 4.98 Å². The number of thiazole rings is 1. The summed E-state index contributed by atoms with van der Waals surface area (Å²) >= 11 is 1.10. The molecule has 1 heterocycles. The average Bonchev–Trinajstić information content (AvgIpc) is 3.03. The SMILES string of the molecule is Cc1nc(-c2ccc(C(F)(F)F)cc2)sc1C(=O)Nc1ccc(C#N)cc1. The number of benzene rings is 2. The first-order valence-corrected chi connectivity index (χ1v) is 8.56. The van der Waals surface area contributed by atoms with E-state index in [0.717, 1.165) is 23.5 Å². The van der Waals surface area contributed by atoms with Crippen LogP contribution in [0.15, 0.2) is 48.5 Å². The Kier molecular flexibility index (Phi) is 4.97. The van der Waals surface area contributed by atoms with Gasteiger partial charge in [0.15, 0.2) is 0 Å². The highest BCUT2D eigenvalue weighted by molar-refractivity contribution is 7.17. The molecule has 0 atom stereocenters. The summed E-state index contributed by atoms with van der Waals surface area (Å²) in [6.07, 6.45) is -4.40. The summed E-state index contributed by atoms with van der Waals surface area (Å²) in [5.74, 6) is -0.368. The predicted octanol–water partition coefficient (Wildman–Crippen LogP) is 5.26. The lowest BCUT2D eigenvalue weighted by Crippen LogP contribution is -2.11. The number of alkyl halides is 3. The maximum Gasteiger partial charge on any atom is 0.416 e. The van der Waals surface area contributed by atoms with Gasteiger partial charge in [-0.2, -0.15) is 18.4 Å². The second-order valence-electron chi connectivity index (χ2n) is 5.65. The number of hydrogen-bond donors (Lipinski definition) is 1. The van der Waals surface area contributed by atoms with Gasteiger partial charge in [0, 0.05) is 11.3 Å². The van der Waals surface area contributed by atoms with Gasteiger partial charge in [-0.25, -0.2) is 4.98 Å². The van der Waals surface area contributed by atoms with Gasteiger partial charge in [0.1, 0.15) is 9.88 Å². The zero-order chi connectivity index (χ0) is 19.6. The van der Waals surface area contributed by atoms with Crippen molar-refractivity contribution in [3.63, 3.8) is 0 Å². The van der Waals surface area contributed by atoms with Crippen LogP contribution in [0.2, 0.25) is 0 Å². The van der Waals surface area contributed by atoms with Crippen molar-refractivity contribution < 1.29 is 18.0 Å². The van der Waals surface area contributed by atoms with Crippen LogP contribution in [-0.2, 0) is 6.18 Å². The van der Waals surface area contributed by atoms with Crippen molar-refractivity contribution in [1.29, 1.82) is 5.26 Å². The van der Waals surface area contributed by atoms with Crippen LogP contribution < -0.4 is 5.32 Å². The smallest absolute Gasteiger partial charge is 0.321 e. The molecule has 2 aromatic carbocycles. The van der Waals surface area contributed by atoms with E-state index in [4.69, 9.17) is 5.26 Å². The molecule has 0 spiro atoms. The summed E-state index contributed by atoms with van der Waals surface area (Å²) < 4.78 is 38.0. The normalized spacial score (nSPS) is 11.1. The minimum absolute atomic E-state index is 0.368. The van der Waals surface area contributed by atoms with E-state index in [9.17, 15) is 18.0 Å². The standard InChI is InChI=1S/C19H12F3N3OS/c1-11-16(17(26)25-15-8-2-12(10-23)3-9-15)27-18(24-11)13-4-6-14(7-5-13)19(20,21)22/h2-9H,1H3,(H,25,26). The lowest BCUT2D eigenvalue weighted by molar-refractivity contribution is -0.137. The van der Waals surface area contributed by atoms with E-state index in [1.165, 1.54) is 12.1 Å². The third kappa shape index (κ3) is 4.15. The van der Waals surface area contributed by atoms with Crippen molar-refractivity contribution in [3.8, 4) is 16.6 Å². The maximum atomic E-state index is 12.7. The van der Waals surface area contributed by atoms with E-state index in [2.05, 4.69) is 10.3 Å². The fourth-order valence-corrected chi connectivity index (χ4v) is 3.32. The van der Waals surface area contributed by atoms with Crippen molar-refractivity contribution in [2.45, 2.75) is 13.1 Å². The Morgan fingerprint density at radius 1 is 1.11 bits per heavy atom. The Labute approximate surface area is 156 Å². The molecule has 1 amide bonds. The van der Waals surface area contributed by atoms with Gasteiger partial charge in [-0.1, -0.05) is 12.1 Å². The molecule has 3 aromatic rings. The first kappa shape index (κ1) is 18.6. The number of hydrogen-bond acceptors (Lipinski definition) is 4. The quantitative estimate of drug-likeness (QED) is 0.667. The number of halogens is 3. The molecule has 0 fully saturated rings. The Hall–Kier alpha value is -3.18. The summed E-state index contributed by atoms with van der Waals surface area (Å²) in [5, 5.41) is 12.0. The van der Waals surface area contributed by atoms with E-state index >= 15 is 0 Å². The molecule has 0 saturated heterocycles. The van der Waals surface area contributed by atoms with Gasteiger partial charge < -0.3 is 5.32 Å². The van der Waals surface area contributed by atoms with Crippen LogP contribution in [0.4, 0.5) is 18.9 Å². The molecule has 27 heavy (non-hydrogen) atoms. The third-order valence-corrected chi connectivity index (χ3v) is 4.94. The Balaban J connectivity index is 1.81. The molecule has 1 aromatic heterocycles. The molecule has 3 rings (SSSR count). The first-order chi connectivity index (χ1) is 12.8. The monoisotopic (exact) mass is 387 g/mol. The Bertz CT molecular complexity index is 1020. The molecule has 4 nitrogen and oxygen atoms in total. The van der Waals surface area contributed by atoms with Crippen LogP contribution in [0.1, 0.15) is 26.5 Å². The highest BCUT2D eigenvalue weighted by atomic mass is 32.1. The van der Waals surface area contributed by atoms with E-state index in [1.807, 2.05) is 6.07 Å². The summed E-state index contributed by atoms with van der Waals surface area (Å²) in [5.41, 5.74) is 1.27. The predicted molar refractivity (Wildman–Crippen MR) is 96.4 cm³/mol. The number of anilines is 1. The van der Waals surface area contributed by atoms with Crippen LogP contribution in [0.25, 0.3) is 10.6 Å². The highest BCUT2D eigenvalue weighted by Crippen LogP contribution is 2.33. The first-order valence-electron chi connectivity index (χ1n) is 7.74. The van der Waals surface area contributed by atoms with Crippen molar-refractivity contribution in [2.75, 3.05) is 5.32 Å². The second-order valence-corrected chi connectivity index (χ2v) is 6.65. The van der Waals surface area contributed by atoms with E-state index in [-0.39, 0.29) is 5.91 Å². The zero-order valence-electron chi connectivity index (χ0n) is 14.0. The maximum absolute atomic E-state index is 12.7. The summed E-state index contributed by atoms with van der Waals surface area (Å²) in [4.78, 5) is 17.1. The number of aromatic nitrogens is 1. The molecule has 0 saturated carbocycles. The largest absolute Gasteiger partial charge is 0.416 e. The molecule has 0 bridgehead atoms. The van der Waals surface area contributed by atoms with Crippen molar-refractivity contribution in [2.24, 2.45) is 0 Å². The third-order valence-electron chi connectivity index (χ3n) is 3.73. The Morgan fingerprint density at radius 3 is 2.30 bits per heavy atom. The summed E-state index contributed by atoms with van der Waals surface area (Å²) in [6.45, 7) is 1.66. The van der Waals surface area contributed by atoms with E-state index in [1.54, 1.807) is 31.2 Å². The second kappa shape index (κ2) is 7.21. The zero-order valence-corrected chi connectivity index (χ0v) is 14.8. The van der Waals surface area contributed by atoms with Crippen LogP contribution in [-0.4, -0.2) is 10.9 Å². The Morgan fingerprint density at radius 2 is 1.74 bits per heavy atom. The van der Waals surface area contributed by atoms with Gasteiger partial charge in [-0.3, -0.25) is 4.79 Å². The van der Waals surface area contributed by atoms with Crippen molar-refractivity contribution >= 4 is 22.9 Å². The van der Waals surface area contributed by atoms with E-state index < -0.39 is 11.7 Å². The minimum Gasteiger partial charge on any atom is -0.321 e. The van der Waals surface area contributed by atoms with Crippen LogP contribution in [0, 0.1) is 18.3 Å². The summed E-state index contributed by atoms with van der Waals surface area (Å²) in [6, 6.07) is 13.0. The van der Waals surface area contributed by atoms with Gasteiger partial charge >= 0.3 is 6.18 Å². The van der Waals surface area contributed by atoms with Gasteiger partial charge in [0.2, 0.25) is 0 Å². The molecule has 0 unspecified atom stereocenters. The fourth-order valence-electron chi connectivity index (χ4n) is 2.35. The summed E-state index contributed by atoms with van der Waals surface area (Å²) in [7, 11) is 0. The molecule has 0 aliphatic rings. The van der Waals surface area contributed by atoms with Gasteiger partial charge in [0.25, 0.3) is 5.91 Å². The van der Waals surface area contributed by atoms with Gasteiger partial charge in [-0.15, -0.1) is 11.3 Å². The molecular weight excluding hydrogens is 375 g/mol. The minimum atomic E-state index is -4.40. The molecular formula is C19H12F3N3OS. The van der Waals surface area contributed by atoms with Gasteiger partial charge in [0.05, 0.1) is 22.9 Å². The number of carbonyl (C=O) groups is 1.